The first-order valence-corrected chi connectivity index (χ1v) is 7.90. The van der Waals surface area contributed by atoms with Crippen LogP contribution in [0.3, 0.4) is 0 Å². The summed E-state index contributed by atoms with van der Waals surface area (Å²) in [5, 5.41) is 5.00. The van der Waals surface area contributed by atoms with Crippen molar-refractivity contribution < 1.29 is 0 Å². The van der Waals surface area contributed by atoms with Crippen molar-refractivity contribution >= 4 is 10.9 Å². The third-order valence-corrected chi connectivity index (χ3v) is 4.63. The van der Waals surface area contributed by atoms with E-state index >= 15 is 0 Å². The van der Waals surface area contributed by atoms with Gasteiger partial charge in [0.15, 0.2) is 0 Å². The molecular weight excluding hydrogens is 244 g/mol. The third kappa shape index (κ3) is 3.01. The standard InChI is InChI=1S/C18H24N2/c1-14-6-2-3-10-17(14)19-13-11-16-8-4-7-15-9-5-12-20-18(15)16/h4-5,7-9,12,14,17,19H,2-3,6,10-11,13H2,1H3. The van der Waals surface area contributed by atoms with Crippen LogP contribution < -0.4 is 5.32 Å². The Bertz CT molecular complexity index is 559. The highest BCUT2D eigenvalue weighted by Crippen LogP contribution is 2.23. The Morgan fingerprint density at radius 2 is 2.00 bits per heavy atom. The lowest BCUT2D eigenvalue weighted by atomic mass is 9.86. The van der Waals surface area contributed by atoms with Gasteiger partial charge in [0.05, 0.1) is 5.52 Å². The molecule has 1 aromatic carbocycles. The maximum atomic E-state index is 4.53. The lowest BCUT2D eigenvalue weighted by molar-refractivity contribution is 0.282. The predicted molar refractivity (Wildman–Crippen MR) is 84.9 cm³/mol. The van der Waals surface area contributed by atoms with Gasteiger partial charge >= 0.3 is 0 Å². The van der Waals surface area contributed by atoms with Crippen molar-refractivity contribution in [2.45, 2.75) is 45.1 Å². The molecule has 1 fully saturated rings. The number of aromatic nitrogens is 1. The van der Waals surface area contributed by atoms with Gasteiger partial charge in [-0.25, -0.2) is 0 Å². The molecule has 3 rings (SSSR count). The average Bonchev–Trinajstić information content (AvgIpc) is 2.49. The highest BCUT2D eigenvalue weighted by atomic mass is 14.9. The highest BCUT2D eigenvalue weighted by Gasteiger charge is 2.20. The molecular formula is C18H24N2. The molecule has 106 valence electrons. The van der Waals surface area contributed by atoms with Crippen molar-refractivity contribution in [3.8, 4) is 0 Å². The van der Waals surface area contributed by atoms with Crippen LogP contribution in [0.1, 0.15) is 38.2 Å². The Morgan fingerprint density at radius 1 is 1.15 bits per heavy atom. The molecule has 2 nitrogen and oxygen atoms in total. The van der Waals surface area contributed by atoms with E-state index in [1.165, 1.54) is 36.6 Å². The van der Waals surface area contributed by atoms with E-state index < -0.39 is 0 Å². The zero-order valence-corrected chi connectivity index (χ0v) is 12.3. The van der Waals surface area contributed by atoms with E-state index in [4.69, 9.17) is 0 Å². The van der Waals surface area contributed by atoms with Crippen molar-refractivity contribution in [3.63, 3.8) is 0 Å². The second-order valence-electron chi connectivity index (χ2n) is 6.06. The van der Waals surface area contributed by atoms with Crippen LogP contribution >= 0.6 is 0 Å². The molecule has 0 radical (unpaired) electrons. The molecule has 1 saturated carbocycles. The summed E-state index contributed by atoms with van der Waals surface area (Å²) in [6, 6.07) is 11.4. The van der Waals surface area contributed by atoms with Gasteiger partial charge in [-0.2, -0.15) is 0 Å². The molecule has 0 saturated heterocycles. The number of rotatable bonds is 4. The first-order chi connectivity index (χ1) is 9.84. The molecule has 2 aromatic rings. The van der Waals surface area contributed by atoms with Crippen molar-refractivity contribution in [2.75, 3.05) is 6.54 Å². The summed E-state index contributed by atoms with van der Waals surface area (Å²) in [6.45, 7) is 3.45. The first kappa shape index (κ1) is 13.6. The molecule has 0 spiro atoms. The largest absolute Gasteiger partial charge is 0.313 e. The normalized spacial score (nSPS) is 23.1. The fourth-order valence-electron chi connectivity index (χ4n) is 3.38. The van der Waals surface area contributed by atoms with Crippen LogP contribution in [0.2, 0.25) is 0 Å². The van der Waals surface area contributed by atoms with Crippen LogP contribution in [-0.4, -0.2) is 17.6 Å². The van der Waals surface area contributed by atoms with E-state index in [1.54, 1.807) is 0 Å². The monoisotopic (exact) mass is 268 g/mol. The van der Waals surface area contributed by atoms with Gasteiger partial charge in [-0.15, -0.1) is 0 Å². The van der Waals surface area contributed by atoms with E-state index in [0.29, 0.717) is 6.04 Å². The maximum Gasteiger partial charge on any atom is 0.0734 e. The van der Waals surface area contributed by atoms with E-state index in [9.17, 15) is 0 Å². The van der Waals surface area contributed by atoms with Crippen LogP contribution in [0.25, 0.3) is 10.9 Å². The second-order valence-corrected chi connectivity index (χ2v) is 6.06. The molecule has 1 heterocycles. The molecule has 0 aliphatic heterocycles. The number of benzene rings is 1. The van der Waals surface area contributed by atoms with E-state index in [1.807, 2.05) is 12.3 Å². The van der Waals surface area contributed by atoms with Crippen LogP contribution in [0, 0.1) is 5.92 Å². The number of fused-ring (bicyclic) bond motifs is 1. The number of nitrogens with one attached hydrogen (secondary N) is 1. The predicted octanol–water partition coefficient (Wildman–Crippen LogP) is 3.95. The summed E-state index contributed by atoms with van der Waals surface area (Å²) in [7, 11) is 0. The van der Waals surface area contributed by atoms with E-state index in [0.717, 1.165) is 24.4 Å². The topological polar surface area (TPSA) is 24.9 Å². The summed E-state index contributed by atoms with van der Waals surface area (Å²) >= 11 is 0. The molecule has 1 N–H and O–H groups in total. The molecule has 2 atom stereocenters. The molecule has 1 aromatic heterocycles. The Morgan fingerprint density at radius 3 is 2.90 bits per heavy atom. The number of hydrogen-bond donors (Lipinski definition) is 1. The van der Waals surface area contributed by atoms with Gasteiger partial charge in [-0.05, 0) is 43.4 Å². The Kier molecular flexibility index (Phi) is 4.31. The summed E-state index contributed by atoms with van der Waals surface area (Å²) in [5.74, 6) is 0.828. The molecule has 1 aliphatic carbocycles. The van der Waals surface area contributed by atoms with Crippen LogP contribution in [-0.2, 0) is 6.42 Å². The van der Waals surface area contributed by atoms with Gasteiger partial charge in [0.1, 0.15) is 0 Å². The van der Waals surface area contributed by atoms with Crippen molar-refractivity contribution in [1.29, 1.82) is 0 Å². The number of hydrogen-bond acceptors (Lipinski definition) is 2. The van der Waals surface area contributed by atoms with Crippen molar-refractivity contribution in [2.24, 2.45) is 5.92 Å². The Labute approximate surface area is 121 Å². The first-order valence-electron chi connectivity index (χ1n) is 7.90. The SMILES string of the molecule is CC1CCCCC1NCCc1cccc2cccnc12. The van der Waals surface area contributed by atoms with Crippen molar-refractivity contribution in [3.05, 3.63) is 42.1 Å². The molecule has 1 aliphatic rings. The van der Waals surface area contributed by atoms with Crippen LogP contribution in [0.15, 0.2) is 36.5 Å². The molecule has 0 amide bonds. The number of para-hydroxylation sites is 1. The van der Waals surface area contributed by atoms with Gasteiger partial charge in [-0.1, -0.05) is 44.0 Å². The van der Waals surface area contributed by atoms with Gasteiger partial charge in [-0.3, -0.25) is 4.98 Å². The zero-order valence-electron chi connectivity index (χ0n) is 12.3. The summed E-state index contributed by atoms with van der Waals surface area (Å²) in [4.78, 5) is 4.53. The lowest BCUT2D eigenvalue weighted by Crippen LogP contribution is -2.38. The quantitative estimate of drug-likeness (QED) is 0.908. The lowest BCUT2D eigenvalue weighted by Gasteiger charge is -2.29. The van der Waals surface area contributed by atoms with Gasteiger partial charge in [0.2, 0.25) is 0 Å². The van der Waals surface area contributed by atoms with Gasteiger partial charge < -0.3 is 5.32 Å². The smallest absolute Gasteiger partial charge is 0.0734 e. The Hall–Kier alpha value is -1.41. The summed E-state index contributed by atoms with van der Waals surface area (Å²) < 4.78 is 0. The van der Waals surface area contributed by atoms with E-state index in [2.05, 4.69) is 41.5 Å². The van der Waals surface area contributed by atoms with Gasteiger partial charge in [0, 0.05) is 17.6 Å². The minimum absolute atomic E-state index is 0.715. The van der Waals surface area contributed by atoms with Crippen molar-refractivity contribution in [1.82, 2.24) is 10.3 Å². The maximum absolute atomic E-state index is 4.53. The fraction of sp³-hybridized carbons (Fsp3) is 0.500. The Balaban J connectivity index is 1.62. The van der Waals surface area contributed by atoms with Crippen LogP contribution in [0.5, 0.6) is 0 Å². The molecule has 0 bridgehead atoms. The fourth-order valence-corrected chi connectivity index (χ4v) is 3.38. The minimum atomic E-state index is 0.715. The average molecular weight is 268 g/mol. The summed E-state index contributed by atoms with van der Waals surface area (Å²) in [5.41, 5.74) is 2.52. The minimum Gasteiger partial charge on any atom is -0.313 e. The molecule has 2 heteroatoms. The van der Waals surface area contributed by atoms with E-state index in [-0.39, 0.29) is 0 Å². The van der Waals surface area contributed by atoms with Gasteiger partial charge in [0.25, 0.3) is 0 Å². The molecule has 20 heavy (non-hydrogen) atoms. The highest BCUT2D eigenvalue weighted by molar-refractivity contribution is 5.81. The third-order valence-electron chi connectivity index (χ3n) is 4.63. The molecule has 2 unspecified atom stereocenters. The number of nitrogens with zero attached hydrogens (tertiary/aromatic N) is 1. The summed E-state index contributed by atoms with van der Waals surface area (Å²) in [6.07, 6.45) is 8.48. The zero-order chi connectivity index (χ0) is 13.8. The number of pyridine rings is 1. The van der Waals surface area contributed by atoms with Crippen LogP contribution in [0.4, 0.5) is 0 Å². The second kappa shape index (κ2) is 6.36.